The van der Waals surface area contributed by atoms with Gasteiger partial charge in [0.2, 0.25) is 17.7 Å². The largest absolute Gasteiger partial charge is 0.351 e. The Morgan fingerprint density at radius 3 is 2.27 bits per heavy atom. The van der Waals surface area contributed by atoms with Crippen LogP contribution in [-0.2, 0) is 9.59 Å². The van der Waals surface area contributed by atoms with Crippen LogP contribution in [0, 0.1) is 23.1 Å². The van der Waals surface area contributed by atoms with Gasteiger partial charge in [0.05, 0.1) is 24.2 Å². The third kappa shape index (κ3) is 7.25. The van der Waals surface area contributed by atoms with E-state index in [1.807, 2.05) is 6.07 Å². The Bertz CT molecular complexity index is 1360. The molecule has 0 spiro atoms. The number of nitrogens with zero attached hydrogens (tertiary/aromatic N) is 3. The van der Waals surface area contributed by atoms with Crippen molar-refractivity contribution in [2.24, 2.45) is 5.92 Å². The van der Waals surface area contributed by atoms with Crippen molar-refractivity contribution in [2.45, 2.75) is 61.0 Å². The highest BCUT2D eigenvalue weighted by molar-refractivity contribution is 8.45. The van der Waals surface area contributed by atoms with Gasteiger partial charge in [-0.3, -0.25) is 19.5 Å². The Labute approximate surface area is 229 Å². The van der Waals surface area contributed by atoms with E-state index >= 15 is 0 Å². The normalized spacial score (nSPS) is 23.5. The minimum Gasteiger partial charge on any atom is -0.351 e. The first-order valence-electron chi connectivity index (χ1n) is 12.5. The lowest BCUT2D eigenvalue weighted by molar-refractivity contribution is -0.128. The molecule has 1 aromatic carbocycles. The molecule has 2 N–H and O–H groups in total. The number of pyridine rings is 1. The van der Waals surface area contributed by atoms with E-state index in [0.717, 1.165) is 23.4 Å². The zero-order chi connectivity index (χ0) is 30.3. The molecule has 16 heteroatoms. The minimum atomic E-state index is -10.1. The van der Waals surface area contributed by atoms with Crippen LogP contribution in [0.15, 0.2) is 47.6 Å². The molecule has 4 rings (SSSR count). The zero-order valence-electron chi connectivity index (χ0n) is 21.2. The van der Waals surface area contributed by atoms with Crippen LogP contribution < -0.4 is 15.5 Å². The monoisotopic (exact) mass is 611 g/mol. The lowest BCUT2D eigenvalue weighted by Crippen LogP contribution is -2.52. The van der Waals surface area contributed by atoms with Crippen molar-refractivity contribution in [2.75, 3.05) is 11.4 Å². The van der Waals surface area contributed by atoms with Crippen molar-refractivity contribution < 1.29 is 42.2 Å². The second kappa shape index (κ2) is 10.1. The van der Waals surface area contributed by atoms with Gasteiger partial charge in [-0.2, -0.15) is 5.26 Å². The SMILES string of the molecule is N#C[C@@H]1CN[C@@H](C(=O)N(c2ccc(S(F)(F)(F)(F)F)cc2)C(C(=O)NC2CCC(F)(F)CC2)c2cncc(F)c2)C1. The van der Waals surface area contributed by atoms with Gasteiger partial charge < -0.3 is 10.6 Å². The quantitative estimate of drug-likeness (QED) is 0.366. The predicted octanol–water partition coefficient (Wildman–Crippen LogP) is 6.15. The number of alkyl halides is 2. The summed E-state index contributed by atoms with van der Waals surface area (Å²) in [5.41, 5.74) is -0.633. The standard InChI is InChI=1S/C25H25F8N5O2S/c26-17-10-16(13-35-14-17)22(23(39)37-18-5-7-25(27,28)8-6-18)38(24(40)21-9-15(11-34)12-36-21)19-1-3-20(4-2-19)41(29,30,31,32)33/h1-4,10,13-15,18,21-22,36H,5-9,12H2,(H,37,39)/t15-,21-,22?/m1/s1. The van der Waals surface area contributed by atoms with Gasteiger partial charge in [-0.25, -0.2) is 13.2 Å². The van der Waals surface area contributed by atoms with E-state index < -0.39 is 81.2 Å². The van der Waals surface area contributed by atoms with Gasteiger partial charge in [0.25, 0.3) is 0 Å². The molecular weight excluding hydrogens is 586 g/mol. The third-order valence-corrected chi connectivity index (χ3v) is 8.18. The fourth-order valence-electron chi connectivity index (χ4n) is 4.92. The molecule has 0 radical (unpaired) electrons. The smallest absolute Gasteiger partial charge is 0.310 e. The zero-order valence-corrected chi connectivity index (χ0v) is 22.0. The van der Waals surface area contributed by atoms with E-state index in [9.17, 15) is 47.5 Å². The van der Waals surface area contributed by atoms with E-state index in [1.165, 1.54) is 0 Å². The van der Waals surface area contributed by atoms with Crippen LogP contribution in [0.2, 0.25) is 0 Å². The van der Waals surface area contributed by atoms with Gasteiger partial charge in [0.15, 0.2) is 0 Å². The summed E-state index contributed by atoms with van der Waals surface area (Å²) in [5, 5.41) is 14.6. The van der Waals surface area contributed by atoms with Crippen LogP contribution in [0.1, 0.15) is 43.7 Å². The van der Waals surface area contributed by atoms with Crippen LogP contribution in [0.25, 0.3) is 0 Å². The topological polar surface area (TPSA) is 98.1 Å². The molecule has 1 aromatic heterocycles. The maximum absolute atomic E-state index is 14.2. The van der Waals surface area contributed by atoms with E-state index in [4.69, 9.17) is 0 Å². The number of rotatable bonds is 7. The summed E-state index contributed by atoms with van der Waals surface area (Å²) in [7, 11) is -10.1. The average molecular weight is 612 g/mol. The number of carbonyl (C=O) groups excluding carboxylic acids is 2. The Morgan fingerprint density at radius 1 is 1.10 bits per heavy atom. The molecule has 2 aliphatic rings. The first-order valence-corrected chi connectivity index (χ1v) is 14.4. The van der Waals surface area contributed by atoms with Gasteiger partial charge >= 0.3 is 10.2 Å². The van der Waals surface area contributed by atoms with Crippen molar-refractivity contribution in [3.63, 3.8) is 0 Å². The van der Waals surface area contributed by atoms with Gasteiger partial charge in [-0.15, -0.1) is 0 Å². The summed E-state index contributed by atoms with van der Waals surface area (Å²) in [4.78, 5) is 29.6. The number of nitrogens with one attached hydrogen (secondary N) is 2. The fourth-order valence-corrected chi connectivity index (χ4v) is 5.57. The summed E-state index contributed by atoms with van der Waals surface area (Å²) in [5.74, 6) is -6.36. The van der Waals surface area contributed by atoms with Crippen LogP contribution >= 0.6 is 10.2 Å². The van der Waals surface area contributed by atoms with E-state index in [1.54, 1.807) is 0 Å². The first kappa shape index (κ1) is 30.5. The summed E-state index contributed by atoms with van der Waals surface area (Å²) in [6.45, 7) is 0.0819. The molecule has 1 aliphatic carbocycles. The van der Waals surface area contributed by atoms with Crippen molar-refractivity contribution in [3.8, 4) is 6.07 Å². The van der Waals surface area contributed by atoms with Crippen LogP contribution in [0.4, 0.5) is 38.3 Å². The molecule has 3 atom stereocenters. The Hall–Kier alpha value is -3.45. The highest BCUT2D eigenvalue weighted by atomic mass is 32.5. The highest BCUT2D eigenvalue weighted by Gasteiger charge is 2.65. The maximum Gasteiger partial charge on any atom is 0.310 e. The third-order valence-electron chi connectivity index (χ3n) is 7.02. The van der Waals surface area contributed by atoms with Crippen LogP contribution in [0.3, 0.4) is 0 Å². The lowest BCUT2D eigenvalue weighted by Gasteiger charge is -2.41. The van der Waals surface area contributed by atoms with E-state index in [-0.39, 0.29) is 43.5 Å². The number of hydrogen-bond acceptors (Lipinski definition) is 5. The van der Waals surface area contributed by atoms with Gasteiger partial charge in [-0.1, -0.05) is 19.4 Å². The number of aromatic nitrogens is 1. The summed E-state index contributed by atoms with van der Waals surface area (Å²) < 4.78 is 109. The molecule has 2 fully saturated rings. The number of hydrogen-bond donors (Lipinski definition) is 2. The number of nitriles is 1. The maximum atomic E-state index is 14.2. The molecule has 1 saturated heterocycles. The highest BCUT2D eigenvalue weighted by Crippen LogP contribution is 3.02. The van der Waals surface area contributed by atoms with Crippen LogP contribution in [0.5, 0.6) is 0 Å². The van der Waals surface area contributed by atoms with E-state index in [0.29, 0.717) is 12.1 Å². The average Bonchev–Trinajstić information content (AvgIpc) is 3.36. The van der Waals surface area contributed by atoms with Crippen LogP contribution in [-0.4, -0.2) is 41.3 Å². The molecule has 2 heterocycles. The fraction of sp³-hybridized carbons (Fsp3) is 0.440. The molecule has 1 unspecified atom stereocenters. The first-order chi connectivity index (χ1) is 18.9. The van der Waals surface area contributed by atoms with Crippen molar-refractivity contribution >= 4 is 27.7 Å². The van der Waals surface area contributed by atoms with Gasteiger partial charge in [0.1, 0.15) is 16.8 Å². The summed E-state index contributed by atoms with van der Waals surface area (Å²) in [6, 6.07) is 0.468. The summed E-state index contributed by atoms with van der Waals surface area (Å²) in [6.07, 6.45) is 0.511. The number of benzene rings is 1. The molecule has 2 amide bonds. The predicted molar refractivity (Wildman–Crippen MR) is 133 cm³/mol. The molecular formula is C25H25F8N5O2S. The molecule has 1 saturated carbocycles. The van der Waals surface area contributed by atoms with Gasteiger partial charge in [0, 0.05) is 42.9 Å². The Kier molecular flexibility index (Phi) is 7.53. The second-order valence-electron chi connectivity index (χ2n) is 10.2. The number of amides is 2. The molecule has 1 aliphatic heterocycles. The number of carbonyl (C=O) groups is 2. The van der Waals surface area contributed by atoms with Crippen molar-refractivity contribution in [1.29, 1.82) is 5.26 Å². The van der Waals surface area contributed by atoms with Crippen molar-refractivity contribution in [3.05, 3.63) is 54.1 Å². The number of halogens is 8. The minimum absolute atomic E-state index is 0.0389. The molecule has 2 aromatic rings. The molecule has 0 bridgehead atoms. The number of anilines is 1. The molecule has 7 nitrogen and oxygen atoms in total. The molecule has 41 heavy (non-hydrogen) atoms. The Balaban J connectivity index is 1.78. The van der Waals surface area contributed by atoms with E-state index in [2.05, 4.69) is 15.6 Å². The summed E-state index contributed by atoms with van der Waals surface area (Å²) >= 11 is 0. The second-order valence-corrected chi connectivity index (χ2v) is 12.6. The van der Waals surface area contributed by atoms with Crippen molar-refractivity contribution in [1.82, 2.24) is 15.6 Å². The molecule has 224 valence electrons. The Morgan fingerprint density at radius 2 is 1.73 bits per heavy atom. The lowest BCUT2D eigenvalue weighted by atomic mass is 9.91. The van der Waals surface area contributed by atoms with Gasteiger partial charge in [-0.05, 0) is 49.6 Å².